The normalized spacial score (nSPS) is 8.57. The maximum atomic E-state index is 8.17. The van der Waals surface area contributed by atoms with Crippen molar-refractivity contribution in [2.75, 3.05) is 26.4 Å². The Hall–Kier alpha value is 1.64. The molecule has 6 N–H and O–H groups in total. The van der Waals surface area contributed by atoms with E-state index in [9.17, 15) is 0 Å². The van der Waals surface area contributed by atoms with Gasteiger partial charge in [0.25, 0.3) is 0 Å². The Labute approximate surface area is 125 Å². The predicted octanol–water partition coefficient (Wildman–Crippen LogP) is -4.25. The van der Waals surface area contributed by atoms with Crippen molar-refractivity contribution in [3.05, 3.63) is 0 Å². The minimum absolute atomic E-state index is 0. The van der Waals surface area contributed by atoms with Crippen molar-refractivity contribution in [3.8, 4) is 0 Å². The summed E-state index contributed by atoms with van der Waals surface area (Å²) in [5.41, 5.74) is 0. The summed E-state index contributed by atoms with van der Waals surface area (Å²) in [6, 6.07) is 0. The van der Waals surface area contributed by atoms with Crippen LogP contribution in [0.25, 0.3) is 0 Å². The first-order valence-electron chi connectivity index (χ1n) is 3.41. The van der Waals surface area contributed by atoms with E-state index in [1.54, 1.807) is 0 Å². The molecule has 0 aliphatic heterocycles. The van der Waals surface area contributed by atoms with Crippen LogP contribution >= 0.6 is 0 Å². The summed E-state index contributed by atoms with van der Waals surface area (Å²) in [5, 5.41) is 48.0. The van der Waals surface area contributed by atoms with E-state index in [2.05, 4.69) is 0 Å². The first-order valence-corrected chi connectivity index (χ1v) is 3.41. The molecular weight excluding hydrogens is 274 g/mol. The topological polar surface area (TPSA) is 121 Å². The Kier molecular flexibility index (Phi) is 35.5. The Morgan fingerprint density at radius 1 is 0.643 bits per heavy atom. The summed E-state index contributed by atoms with van der Waals surface area (Å²) < 4.78 is 0. The van der Waals surface area contributed by atoms with Crippen LogP contribution in [0.2, 0.25) is 0 Å². The molecule has 0 unspecified atom stereocenters. The summed E-state index contributed by atoms with van der Waals surface area (Å²) in [4.78, 5) is 0. The molecule has 82 valence electrons. The fourth-order valence-electron chi connectivity index (χ4n) is 0.115. The maximum absolute atomic E-state index is 8.17. The van der Waals surface area contributed by atoms with Crippen LogP contribution in [0.5, 0.6) is 0 Å². The van der Waals surface area contributed by atoms with Crippen LogP contribution in [0.3, 0.4) is 0 Å². The van der Waals surface area contributed by atoms with E-state index in [4.69, 9.17) is 30.6 Å². The van der Waals surface area contributed by atoms with Crippen molar-refractivity contribution in [1.82, 2.24) is 0 Å². The third-order valence-electron chi connectivity index (χ3n) is 0.843. The third-order valence-corrected chi connectivity index (χ3v) is 0.843. The van der Waals surface area contributed by atoms with E-state index in [-0.39, 0.29) is 83.6 Å². The fraction of sp³-hybridized carbons (Fsp3) is 1.00. The van der Waals surface area contributed by atoms with E-state index in [0.717, 1.165) is 0 Å². The zero-order chi connectivity index (χ0) is 9.98. The molecule has 14 heavy (non-hydrogen) atoms. The van der Waals surface area contributed by atoms with Crippen LogP contribution in [0, 0.1) is 0 Å². The second-order valence-electron chi connectivity index (χ2n) is 2.04. The minimum Gasteiger partial charge on any atom is 0 e. The molecular formula is C6H18CaO6Zn. The van der Waals surface area contributed by atoms with Gasteiger partial charge in [0.2, 0.25) is 0 Å². The average Bonchev–Trinajstić information content (AvgIpc) is 2.16. The molecule has 0 rings (SSSR count). The van der Waals surface area contributed by atoms with E-state index >= 15 is 0 Å². The second-order valence-corrected chi connectivity index (χ2v) is 2.04. The number of hydrogen-bond acceptors (Lipinski definition) is 6. The van der Waals surface area contributed by atoms with Gasteiger partial charge < -0.3 is 30.6 Å². The Morgan fingerprint density at radius 3 is 0.786 bits per heavy atom. The van der Waals surface area contributed by atoms with Gasteiger partial charge in [0.1, 0.15) is 12.2 Å². The van der Waals surface area contributed by atoms with Gasteiger partial charge in [-0.3, -0.25) is 0 Å². The van der Waals surface area contributed by atoms with Gasteiger partial charge in [-0.05, 0) is 0 Å². The van der Waals surface area contributed by atoms with Gasteiger partial charge in [0.15, 0.2) is 0 Å². The molecule has 0 saturated heterocycles. The van der Waals surface area contributed by atoms with Gasteiger partial charge in [-0.15, -0.1) is 0 Å². The molecule has 6 nitrogen and oxygen atoms in total. The molecule has 0 heterocycles. The summed E-state index contributed by atoms with van der Waals surface area (Å²) in [6.45, 7) is -1.46. The Balaban J connectivity index is -0.0000000625. The van der Waals surface area contributed by atoms with Crippen molar-refractivity contribution < 1.29 is 50.1 Å². The van der Waals surface area contributed by atoms with Crippen LogP contribution in [-0.2, 0) is 19.5 Å². The number of aliphatic hydroxyl groups excluding tert-OH is 6. The van der Waals surface area contributed by atoms with Crippen LogP contribution in [0.4, 0.5) is 0 Å². The van der Waals surface area contributed by atoms with Crippen LogP contribution < -0.4 is 0 Å². The van der Waals surface area contributed by atoms with Gasteiger partial charge >= 0.3 is 37.7 Å². The SMILES string of the molecule is OCC(O)CO.OCC(O)CO.[CaH2].[Zn]. The Morgan fingerprint density at radius 2 is 0.786 bits per heavy atom. The van der Waals surface area contributed by atoms with Crippen LogP contribution in [0.1, 0.15) is 0 Å². The summed E-state index contributed by atoms with van der Waals surface area (Å²) in [6.07, 6.45) is -1.91. The molecule has 0 aromatic carbocycles. The second kappa shape index (κ2) is 20.1. The van der Waals surface area contributed by atoms with E-state index in [1.165, 1.54) is 0 Å². The van der Waals surface area contributed by atoms with Gasteiger partial charge in [-0.25, -0.2) is 0 Å². The van der Waals surface area contributed by atoms with Gasteiger partial charge in [0, 0.05) is 19.5 Å². The molecule has 0 aliphatic rings. The van der Waals surface area contributed by atoms with Gasteiger partial charge in [-0.2, -0.15) is 0 Å². The monoisotopic (exact) mass is 290 g/mol. The summed E-state index contributed by atoms with van der Waals surface area (Å²) in [7, 11) is 0. The molecule has 0 aromatic rings. The zero-order valence-electron chi connectivity index (χ0n) is 7.37. The maximum Gasteiger partial charge on any atom is 0 e. The third kappa shape index (κ3) is 23.5. The van der Waals surface area contributed by atoms with Crippen molar-refractivity contribution in [2.45, 2.75) is 12.2 Å². The van der Waals surface area contributed by atoms with Crippen molar-refractivity contribution in [1.29, 1.82) is 0 Å². The fourth-order valence-corrected chi connectivity index (χ4v) is 0.115. The molecule has 0 aliphatic carbocycles. The molecule has 0 bridgehead atoms. The molecule has 8 heteroatoms. The van der Waals surface area contributed by atoms with Crippen molar-refractivity contribution in [2.24, 2.45) is 0 Å². The van der Waals surface area contributed by atoms with E-state index in [1.807, 2.05) is 0 Å². The van der Waals surface area contributed by atoms with Gasteiger partial charge in [0.05, 0.1) is 26.4 Å². The van der Waals surface area contributed by atoms with Crippen molar-refractivity contribution >= 4 is 37.7 Å². The quantitative estimate of drug-likeness (QED) is 0.292. The molecule has 0 atom stereocenters. The Bertz CT molecular complexity index is 70.7. The zero-order valence-corrected chi connectivity index (χ0v) is 10.3. The van der Waals surface area contributed by atoms with E-state index in [0.29, 0.717) is 0 Å². The largest absolute Gasteiger partial charge is 0 e. The summed E-state index contributed by atoms with van der Waals surface area (Å²) >= 11 is 0. The van der Waals surface area contributed by atoms with Crippen molar-refractivity contribution in [3.63, 3.8) is 0 Å². The molecule has 0 saturated carbocycles. The van der Waals surface area contributed by atoms with Crippen LogP contribution in [0.15, 0.2) is 0 Å². The molecule has 0 fully saturated rings. The van der Waals surface area contributed by atoms with Gasteiger partial charge in [-0.1, -0.05) is 0 Å². The van der Waals surface area contributed by atoms with E-state index < -0.39 is 12.2 Å². The number of aliphatic hydroxyl groups is 6. The number of rotatable bonds is 4. The molecule has 0 radical (unpaired) electrons. The molecule has 0 aromatic heterocycles. The predicted molar refractivity (Wildman–Crippen MR) is 48.9 cm³/mol. The number of hydrogen-bond donors (Lipinski definition) is 6. The van der Waals surface area contributed by atoms with Crippen LogP contribution in [-0.4, -0.2) is 107 Å². The molecule has 0 spiro atoms. The molecule has 0 amide bonds. The minimum atomic E-state index is -0.954. The first-order chi connectivity index (χ1) is 5.62. The average molecular weight is 292 g/mol. The smallest absolute Gasteiger partial charge is 0 e. The summed E-state index contributed by atoms with van der Waals surface area (Å²) in [5.74, 6) is 0. The first kappa shape index (κ1) is 24.7. The standard InChI is InChI=1S/2C3H8O3.Ca.Zn.2H/c2*4-1-3(6)2-5;;;;/h2*3-6H,1-2H2;;;;.